The molecule has 27 heavy (non-hydrogen) atoms. The van der Waals surface area contributed by atoms with Crippen LogP contribution in [0.2, 0.25) is 0 Å². The van der Waals surface area contributed by atoms with Gasteiger partial charge in [-0.3, -0.25) is 4.79 Å². The predicted octanol–water partition coefficient (Wildman–Crippen LogP) is 4.98. The molecular weight excluding hydrogens is 365 g/mol. The van der Waals surface area contributed by atoms with Crippen molar-refractivity contribution in [3.63, 3.8) is 0 Å². The predicted molar refractivity (Wildman–Crippen MR) is 107 cm³/mol. The van der Waals surface area contributed by atoms with Gasteiger partial charge in [0.15, 0.2) is 11.5 Å². The Labute approximate surface area is 164 Å². The zero-order chi connectivity index (χ0) is 19.6. The molecule has 146 valence electrons. The first-order valence-electron chi connectivity index (χ1n) is 9.10. The van der Waals surface area contributed by atoms with Crippen LogP contribution in [0.1, 0.15) is 38.8 Å². The number of ether oxygens (including phenoxy) is 2. The molecule has 0 heterocycles. The van der Waals surface area contributed by atoms with Gasteiger partial charge in [-0.2, -0.15) is 0 Å². The fraction of sp³-hybridized carbons (Fsp3) is 0.381. The Morgan fingerprint density at radius 2 is 1.74 bits per heavy atom. The summed E-state index contributed by atoms with van der Waals surface area (Å²) in [5, 5.41) is 3.00. The van der Waals surface area contributed by atoms with Gasteiger partial charge in [-0.15, -0.1) is 11.8 Å². The van der Waals surface area contributed by atoms with Crippen LogP contribution in [0, 0.1) is 5.82 Å². The van der Waals surface area contributed by atoms with E-state index >= 15 is 0 Å². The van der Waals surface area contributed by atoms with E-state index in [0.717, 1.165) is 10.5 Å². The summed E-state index contributed by atoms with van der Waals surface area (Å²) < 4.78 is 24.1. The average Bonchev–Trinajstić information content (AvgIpc) is 2.65. The largest absolute Gasteiger partial charge is 0.490 e. The minimum atomic E-state index is -0.257. The summed E-state index contributed by atoms with van der Waals surface area (Å²) in [5.41, 5.74) is 0.960. The molecule has 0 bridgehead atoms. The lowest BCUT2D eigenvalue weighted by Crippen LogP contribution is -2.26. The monoisotopic (exact) mass is 391 g/mol. The lowest BCUT2D eigenvalue weighted by molar-refractivity contribution is -0.121. The van der Waals surface area contributed by atoms with Crippen LogP contribution in [0.5, 0.6) is 11.5 Å². The summed E-state index contributed by atoms with van der Waals surface area (Å²) in [6.07, 6.45) is 0.391. The number of nitrogens with one attached hydrogen (secondary N) is 1. The molecule has 1 atom stereocenters. The summed E-state index contributed by atoms with van der Waals surface area (Å²) in [5.74, 6) is 1.75. The van der Waals surface area contributed by atoms with Crippen molar-refractivity contribution in [1.29, 1.82) is 0 Å². The van der Waals surface area contributed by atoms with Crippen molar-refractivity contribution in [1.82, 2.24) is 5.32 Å². The Morgan fingerprint density at radius 1 is 1.07 bits per heavy atom. The molecule has 0 radical (unpaired) electrons. The van der Waals surface area contributed by atoms with E-state index in [1.165, 1.54) is 23.9 Å². The number of hydrogen-bond acceptors (Lipinski definition) is 4. The van der Waals surface area contributed by atoms with E-state index in [4.69, 9.17) is 9.47 Å². The maximum atomic E-state index is 12.9. The van der Waals surface area contributed by atoms with Crippen molar-refractivity contribution in [2.45, 2.75) is 38.1 Å². The second-order valence-electron chi connectivity index (χ2n) is 5.91. The maximum absolute atomic E-state index is 12.9. The van der Waals surface area contributed by atoms with Crippen LogP contribution in [-0.2, 0) is 4.79 Å². The number of carbonyl (C=O) groups is 1. The zero-order valence-electron chi connectivity index (χ0n) is 16.0. The number of rotatable bonds is 10. The molecule has 0 aromatic heterocycles. The second-order valence-corrected chi connectivity index (χ2v) is 7.08. The van der Waals surface area contributed by atoms with Crippen LogP contribution >= 0.6 is 11.8 Å². The molecule has 0 aliphatic carbocycles. The molecule has 0 saturated heterocycles. The zero-order valence-corrected chi connectivity index (χ0v) is 16.8. The molecule has 2 aromatic rings. The molecule has 0 aliphatic heterocycles. The maximum Gasteiger partial charge on any atom is 0.221 e. The number of carbonyl (C=O) groups excluding carboxylic acids is 1. The van der Waals surface area contributed by atoms with Gasteiger partial charge in [-0.1, -0.05) is 6.07 Å². The van der Waals surface area contributed by atoms with Crippen molar-refractivity contribution in [3.05, 3.63) is 53.8 Å². The Kier molecular flexibility index (Phi) is 8.45. The highest BCUT2D eigenvalue weighted by Crippen LogP contribution is 2.30. The average molecular weight is 392 g/mol. The molecule has 0 saturated carbocycles. The van der Waals surface area contributed by atoms with Gasteiger partial charge in [-0.05, 0) is 62.7 Å². The lowest BCUT2D eigenvalue weighted by Gasteiger charge is -2.17. The summed E-state index contributed by atoms with van der Waals surface area (Å²) in [4.78, 5) is 13.2. The molecule has 6 heteroatoms. The molecule has 1 N–H and O–H groups in total. The van der Waals surface area contributed by atoms with Crippen LogP contribution < -0.4 is 14.8 Å². The van der Waals surface area contributed by atoms with Crippen LogP contribution in [0.15, 0.2) is 47.4 Å². The standard InChI is InChI=1S/C21H26FNO3S/c1-4-25-19-11-6-16(14-20(19)26-5-2)15(3)23-21(24)12-13-27-18-9-7-17(22)8-10-18/h6-11,14-15H,4-5,12-13H2,1-3H3,(H,23,24). The normalized spacial score (nSPS) is 11.7. The number of amides is 1. The molecular formula is C21H26FNO3S. The third kappa shape index (κ3) is 6.79. The highest BCUT2D eigenvalue weighted by molar-refractivity contribution is 7.99. The highest BCUT2D eigenvalue weighted by Gasteiger charge is 2.13. The first-order chi connectivity index (χ1) is 13.0. The summed E-state index contributed by atoms with van der Waals surface area (Å²) >= 11 is 1.53. The third-order valence-corrected chi connectivity index (χ3v) is 4.87. The van der Waals surface area contributed by atoms with Gasteiger partial charge in [0, 0.05) is 17.1 Å². The van der Waals surface area contributed by atoms with Gasteiger partial charge in [0.2, 0.25) is 5.91 Å². The molecule has 0 fully saturated rings. The highest BCUT2D eigenvalue weighted by atomic mass is 32.2. The number of benzene rings is 2. The van der Waals surface area contributed by atoms with Gasteiger partial charge in [0.1, 0.15) is 5.82 Å². The van der Waals surface area contributed by atoms with E-state index < -0.39 is 0 Å². The van der Waals surface area contributed by atoms with E-state index in [2.05, 4.69) is 5.32 Å². The van der Waals surface area contributed by atoms with Gasteiger partial charge >= 0.3 is 0 Å². The van der Waals surface area contributed by atoms with E-state index in [-0.39, 0.29) is 17.8 Å². The van der Waals surface area contributed by atoms with Crippen molar-refractivity contribution >= 4 is 17.7 Å². The number of halogens is 1. The van der Waals surface area contributed by atoms with E-state index in [0.29, 0.717) is 36.9 Å². The van der Waals surface area contributed by atoms with Gasteiger partial charge in [0.25, 0.3) is 0 Å². The first kappa shape index (κ1) is 21.1. The van der Waals surface area contributed by atoms with Crippen LogP contribution in [0.25, 0.3) is 0 Å². The Morgan fingerprint density at radius 3 is 2.41 bits per heavy atom. The summed E-state index contributed by atoms with van der Waals surface area (Å²) in [6.45, 7) is 6.90. The fourth-order valence-electron chi connectivity index (χ4n) is 2.53. The number of thioether (sulfide) groups is 1. The van der Waals surface area contributed by atoms with Crippen LogP contribution in [-0.4, -0.2) is 24.9 Å². The van der Waals surface area contributed by atoms with Gasteiger partial charge in [0.05, 0.1) is 19.3 Å². The van der Waals surface area contributed by atoms with Crippen LogP contribution in [0.4, 0.5) is 4.39 Å². The Hall–Kier alpha value is -2.21. The Bertz CT molecular complexity index is 737. The van der Waals surface area contributed by atoms with E-state index in [1.54, 1.807) is 12.1 Å². The van der Waals surface area contributed by atoms with E-state index in [9.17, 15) is 9.18 Å². The minimum absolute atomic E-state index is 0.0241. The van der Waals surface area contributed by atoms with Crippen molar-refractivity contribution in [2.75, 3.05) is 19.0 Å². The Balaban J connectivity index is 1.87. The lowest BCUT2D eigenvalue weighted by atomic mass is 10.1. The van der Waals surface area contributed by atoms with Crippen molar-refractivity contribution < 1.29 is 18.7 Å². The fourth-order valence-corrected chi connectivity index (χ4v) is 3.38. The van der Waals surface area contributed by atoms with Crippen molar-refractivity contribution in [2.24, 2.45) is 0 Å². The first-order valence-corrected chi connectivity index (χ1v) is 10.1. The van der Waals surface area contributed by atoms with Crippen LogP contribution in [0.3, 0.4) is 0 Å². The second kappa shape index (κ2) is 10.8. The van der Waals surface area contributed by atoms with Crippen molar-refractivity contribution in [3.8, 4) is 11.5 Å². The van der Waals surface area contributed by atoms with Gasteiger partial charge < -0.3 is 14.8 Å². The topological polar surface area (TPSA) is 47.6 Å². The molecule has 1 amide bonds. The quantitative estimate of drug-likeness (QED) is 0.580. The van der Waals surface area contributed by atoms with Gasteiger partial charge in [-0.25, -0.2) is 4.39 Å². The molecule has 2 aromatic carbocycles. The minimum Gasteiger partial charge on any atom is -0.490 e. The SMILES string of the molecule is CCOc1ccc(C(C)NC(=O)CCSc2ccc(F)cc2)cc1OCC. The summed E-state index contributed by atoms with van der Waals surface area (Å²) in [7, 11) is 0. The molecule has 0 spiro atoms. The van der Waals surface area contributed by atoms with E-state index in [1.807, 2.05) is 39.0 Å². The smallest absolute Gasteiger partial charge is 0.221 e. The summed E-state index contributed by atoms with van der Waals surface area (Å²) in [6, 6.07) is 11.9. The molecule has 0 aliphatic rings. The molecule has 4 nitrogen and oxygen atoms in total. The number of hydrogen-bond donors (Lipinski definition) is 1. The third-order valence-electron chi connectivity index (χ3n) is 3.86. The molecule has 2 rings (SSSR count). The molecule has 1 unspecified atom stereocenters.